The third-order valence-corrected chi connectivity index (χ3v) is 8.73. The fourth-order valence-electron chi connectivity index (χ4n) is 3.96. The molecule has 4 rings (SSSR count). The lowest BCUT2D eigenvalue weighted by molar-refractivity contribution is 0.0730. The van der Waals surface area contributed by atoms with Gasteiger partial charge in [0.1, 0.15) is 4.90 Å². The summed E-state index contributed by atoms with van der Waals surface area (Å²) in [6, 6.07) is 14.5. The standard InChI is InChI=1S/C21H27N3O5S2/c1-30(25,26)19-7-8-20(21(17-19)31(27,28)24-13-15-29-16-14-24)23-11-9-22(10-12-23)18-5-3-2-4-6-18/h2-8,17H,9-16H2,1H3. The first-order valence-corrected chi connectivity index (χ1v) is 13.6. The van der Waals surface area contributed by atoms with Gasteiger partial charge in [0, 0.05) is 51.2 Å². The van der Waals surface area contributed by atoms with Crippen LogP contribution in [0.3, 0.4) is 0 Å². The normalized spacial score (nSPS) is 18.9. The highest BCUT2D eigenvalue weighted by molar-refractivity contribution is 7.91. The van der Waals surface area contributed by atoms with Crippen molar-refractivity contribution < 1.29 is 21.6 Å². The van der Waals surface area contributed by atoms with E-state index in [0.717, 1.165) is 25.0 Å². The van der Waals surface area contributed by atoms with E-state index < -0.39 is 19.9 Å². The second-order valence-corrected chi connectivity index (χ2v) is 11.6. The van der Waals surface area contributed by atoms with E-state index >= 15 is 0 Å². The predicted molar refractivity (Wildman–Crippen MR) is 120 cm³/mol. The Morgan fingerprint density at radius 3 is 2.00 bits per heavy atom. The van der Waals surface area contributed by atoms with E-state index in [1.165, 1.54) is 16.4 Å². The van der Waals surface area contributed by atoms with Crippen molar-refractivity contribution in [1.82, 2.24) is 4.31 Å². The Bertz CT molecular complexity index is 1120. The summed E-state index contributed by atoms with van der Waals surface area (Å²) in [5.74, 6) is 0. The topological polar surface area (TPSA) is 87.2 Å². The van der Waals surface area contributed by atoms with Crippen LogP contribution in [0.25, 0.3) is 0 Å². The molecular formula is C21H27N3O5S2. The maximum atomic E-state index is 13.5. The van der Waals surface area contributed by atoms with E-state index in [1.54, 1.807) is 6.07 Å². The molecular weight excluding hydrogens is 438 g/mol. The third kappa shape index (κ3) is 4.72. The number of rotatable bonds is 5. The van der Waals surface area contributed by atoms with Crippen molar-refractivity contribution in [3.8, 4) is 0 Å². The number of sulfone groups is 1. The van der Waals surface area contributed by atoms with Crippen LogP contribution < -0.4 is 9.80 Å². The third-order valence-electron chi connectivity index (χ3n) is 5.69. The van der Waals surface area contributed by atoms with Crippen molar-refractivity contribution in [2.24, 2.45) is 0 Å². The Labute approximate surface area is 184 Å². The largest absolute Gasteiger partial charge is 0.379 e. The monoisotopic (exact) mass is 465 g/mol. The van der Waals surface area contributed by atoms with Crippen molar-refractivity contribution in [2.75, 3.05) is 68.5 Å². The number of hydrogen-bond acceptors (Lipinski definition) is 7. The minimum absolute atomic E-state index is 0.00556. The van der Waals surface area contributed by atoms with Gasteiger partial charge < -0.3 is 14.5 Å². The van der Waals surface area contributed by atoms with E-state index in [2.05, 4.69) is 17.0 Å². The second-order valence-electron chi connectivity index (χ2n) is 7.73. The molecule has 0 radical (unpaired) electrons. The molecule has 2 fully saturated rings. The van der Waals surface area contributed by atoms with E-state index in [4.69, 9.17) is 4.74 Å². The summed E-state index contributed by atoms with van der Waals surface area (Å²) in [4.78, 5) is 4.34. The maximum absolute atomic E-state index is 13.5. The fraction of sp³-hybridized carbons (Fsp3) is 0.429. The van der Waals surface area contributed by atoms with Crippen molar-refractivity contribution in [1.29, 1.82) is 0 Å². The summed E-state index contributed by atoms with van der Waals surface area (Å²) in [5.41, 5.74) is 1.68. The summed E-state index contributed by atoms with van der Waals surface area (Å²) >= 11 is 0. The van der Waals surface area contributed by atoms with Gasteiger partial charge in [-0.25, -0.2) is 16.8 Å². The van der Waals surface area contributed by atoms with Gasteiger partial charge in [-0.3, -0.25) is 0 Å². The van der Waals surface area contributed by atoms with Crippen LogP contribution in [0, 0.1) is 0 Å². The molecule has 0 N–H and O–H groups in total. The van der Waals surface area contributed by atoms with Crippen molar-refractivity contribution >= 4 is 31.2 Å². The summed E-state index contributed by atoms with van der Waals surface area (Å²) in [7, 11) is -7.40. The molecule has 2 aromatic rings. The minimum atomic E-state index is -3.86. The van der Waals surface area contributed by atoms with Crippen LogP contribution >= 0.6 is 0 Å². The van der Waals surface area contributed by atoms with Gasteiger partial charge in [-0.05, 0) is 30.3 Å². The molecule has 0 saturated carbocycles. The van der Waals surface area contributed by atoms with E-state index in [9.17, 15) is 16.8 Å². The molecule has 0 atom stereocenters. The molecule has 31 heavy (non-hydrogen) atoms. The number of nitrogens with zero attached hydrogens (tertiary/aromatic N) is 3. The smallest absolute Gasteiger partial charge is 0.245 e. The van der Waals surface area contributed by atoms with Gasteiger partial charge in [-0.1, -0.05) is 18.2 Å². The Morgan fingerprint density at radius 2 is 1.39 bits per heavy atom. The molecule has 0 spiro atoms. The zero-order chi connectivity index (χ0) is 22.1. The molecule has 2 saturated heterocycles. The van der Waals surface area contributed by atoms with Crippen LogP contribution in [0.15, 0.2) is 58.3 Å². The lowest BCUT2D eigenvalue weighted by atomic mass is 10.2. The van der Waals surface area contributed by atoms with Crippen LogP contribution in [0.4, 0.5) is 11.4 Å². The van der Waals surface area contributed by atoms with Gasteiger partial charge in [-0.15, -0.1) is 0 Å². The molecule has 0 bridgehead atoms. The van der Waals surface area contributed by atoms with Gasteiger partial charge in [0.05, 0.1) is 23.8 Å². The molecule has 2 aliphatic rings. The molecule has 2 heterocycles. The molecule has 0 unspecified atom stereocenters. The Kier molecular flexibility index (Phi) is 6.25. The Balaban J connectivity index is 1.66. The summed E-state index contributed by atoms with van der Waals surface area (Å²) in [5, 5.41) is 0. The molecule has 2 aliphatic heterocycles. The number of hydrogen-bond donors (Lipinski definition) is 0. The zero-order valence-corrected chi connectivity index (χ0v) is 19.1. The SMILES string of the molecule is CS(=O)(=O)c1ccc(N2CCN(c3ccccc3)CC2)c(S(=O)(=O)N2CCOCC2)c1. The first kappa shape index (κ1) is 22.1. The molecule has 0 aliphatic carbocycles. The minimum Gasteiger partial charge on any atom is -0.379 e. The van der Waals surface area contributed by atoms with Crippen LogP contribution in [-0.2, 0) is 24.6 Å². The molecule has 8 nitrogen and oxygen atoms in total. The number of anilines is 2. The average Bonchev–Trinajstić information content (AvgIpc) is 2.79. The molecule has 0 aromatic heterocycles. The van der Waals surface area contributed by atoms with E-state index in [1.807, 2.05) is 23.1 Å². The zero-order valence-electron chi connectivity index (χ0n) is 17.5. The summed E-state index contributed by atoms with van der Waals surface area (Å²) < 4.78 is 57.8. The highest BCUT2D eigenvalue weighted by Crippen LogP contribution is 2.32. The van der Waals surface area contributed by atoms with Crippen LogP contribution in [0.5, 0.6) is 0 Å². The van der Waals surface area contributed by atoms with Gasteiger partial charge >= 0.3 is 0 Å². The Morgan fingerprint density at radius 1 is 0.774 bits per heavy atom. The van der Waals surface area contributed by atoms with E-state index in [-0.39, 0.29) is 22.9 Å². The van der Waals surface area contributed by atoms with Crippen molar-refractivity contribution in [2.45, 2.75) is 9.79 Å². The molecule has 168 valence electrons. The lowest BCUT2D eigenvalue weighted by Crippen LogP contribution is -2.47. The number of morpholine rings is 1. The number of piperazine rings is 1. The average molecular weight is 466 g/mol. The number of para-hydroxylation sites is 1. The van der Waals surface area contributed by atoms with E-state index in [0.29, 0.717) is 32.0 Å². The Hall–Kier alpha value is -2.14. The quantitative estimate of drug-likeness (QED) is 0.660. The number of benzene rings is 2. The van der Waals surface area contributed by atoms with Crippen molar-refractivity contribution in [3.05, 3.63) is 48.5 Å². The van der Waals surface area contributed by atoms with Crippen LogP contribution in [0.1, 0.15) is 0 Å². The highest BCUT2D eigenvalue weighted by Gasteiger charge is 2.32. The predicted octanol–water partition coefficient (Wildman–Crippen LogP) is 1.44. The molecule has 2 aromatic carbocycles. The summed E-state index contributed by atoms with van der Waals surface area (Å²) in [6.07, 6.45) is 1.09. The first-order valence-electron chi connectivity index (χ1n) is 10.2. The number of ether oxygens (including phenoxy) is 1. The first-order chi connectivity index (χ1) is 14.8. The highest BCUT2D eigenvalue weighted by atomic mass is 32.2. The molecule has 10 heteroatoms. The second kappa shape index (κ2) is 8.78. The van der Waals surface area contributed by atoms with Gasteiger partial charge in [0.15, 0.2) is 9.84 Å². The summed E-state index contributed by atoms with van der Waals surface area (Å²) in [6.45, 7) is 3.94. The van der Waals surface area contributed by atoms with Gasteiger partial charge in [0.2, 0.25) is 10.0 Å². The number of sulfonamides is 1. The van der Waals surface area contributed by atoms with Gasteiger partial charge in [-0.2, -0.15) is 4.31 Å². The fourth-order valence-corrected chi connectivity index (χ4v) is 6.33. The maximum Gasteiger partial charge on any atom is 0.245 e. The van der Waals surface area contributed by atoms with Crippen LogP contribution in [0.2, 0.25) is 0 Å². The van der Waals surface area contributed by atoms with Crippen molar-refractivity contribution in [3.63, 3.8) is 0 Å². The lowest BCUT2D eigenvalue weighted by Gasteiger charge is -2.38. The van der Waals surface area contributed by atoms with Gasteiger partial charge in [0.25, 0.3) is 0 Å². The van der Waals surface area contributed by atoms with Crippen LogP contribution in [-0.4, -0.2) is 79.9 Å². The molecule has 0 amide bonds.